The van der Waals surface area contributed by atoms with Crippen LogP contribution >= 0.6 is 124 Å². The van der Waals surface area contributed by atoms with Crippen molar-refractivity contribution in [3.8, 4) is 0 Å². The molecule has 0 aliphatic carbocycles. The van der Waals surface area contributed by atoms with Crippen LogP contribution in [0, 0.1) is 0 Å². The van der Waals surface area contributed by atoms with Crippen molar-refractivity contribution >= 4 is 197 Å². The minimum Gasteiger partial charge on any atom is -1.00 e. The Morgan fingerprint density at radius 1 is 0.137 bits per heavy atom. The monoisotopic (exact) mass is 988 g/mol. The third kappa shape index (κ3) is 15800. The van der Waals surface area contributed by atoms with Gasteiger partial charge in [0.15, 0.2) is 0 Å². The molecule has 51 heteroatoms. The number of rotatable bonds is 0. The summed E-state index contributed by atoms with van der Waals surface area (Å²) < 4.78 is 0. The molecule has 0 aromatic rings. The Bertz CT molecular complexity index is 230. The molecule has 0 spiro atoms. The Hall–Kier alpha value is 2.95. The maximum Gasteiger partial charge on any atom is 1.00 e. The smallest absolute Gasteiger partial charge is 1.00 e. The van der Waals surface area contributed by atoms with E-state index in [1.165, 1.54) is 0 Å². The molecular formula is H41B10Cl10LiO30. The molecule has 0 aromatic heterocycles. The van der Waals surface area contributed by atoms with Crippen LogP contribution in [-0.2, 0) is 0 Å². The molecule has 0 fully saturated rings. The summed E-state index contributed by atoms with van der Waals surface area (Å²) >= 11 is 0. The minimum atomic E-state index is -2.17. The van der Waals surface area contributed by atoms with Gasteiger partial charge in [-0.05, 0) is 0 Å². The Balaban J connectivity index is -0.00000000937. The van der Waals surface area contributed by atoms with Crippen molar-refractivity contribution in [3.63, 3.8) is 0 Å². The molecular weight excluding hydrogens is 950 g/mol. The van der Waals surface area contributed by atoms with Gasteiger partial charge in [-0.3, -0.25) is 0 Å². The Labute approximate surface area is 366 Å². The molecule has 30 nitrogen and oxygen atoms in total. The molecule has 0 radical (unpaired) electrons. The SMILES string of the molecule is Cl.Cl.Cl.Cl.Cl.Cl.Cl.Cl.Cl.Cl.OB(O)O.OB(O)O.OB(O)O.OB(O)O.OB(O)O.OB(O)O.OB(O)O.OB(O)O.OB(O)O.OB(O)O.[H-].[Li+]. The fourth-order valence-corrected chi connectivity index (χ4v) is 0. The molecule has 0 rings (SSSR count). The molecule has 0 aromatic carbocycles. The average molecular weight is 991 g/mol. The van der Waals surface area contributed by atoms with Gasteiger partial charge in [-0.25, -0.2) is 0 Å². The first-order chi connectivity index (χ1) is 17.3. The second kappa shape index (κ2) is 132. The summed E-state index contributed by atoms with van der Waals surface area (Å²) in [6, 6.07) is 0. The third-order valence-corrected chi connectivity index (χ3v) is 0. The van der Waals surface area contributed by atoms with Crippen LogP contribution in [0.5, 0.6) is 0 Å². The topological polar surface area (TPSA) is 607 Å². The zero-order chi connectivity index (χ0) is 35.8. The van der Waals surface area contributed by atoms with Crippen LogP contribution in [0.4, 0.5) is 0 Å². The fourth-order valence-electron chi connectivity index (χ4n) is 0. The van der Waals surface area contributed by atoms with Crippen LogP contribution in [0.3, 0.4) is 0 Å². The fraction of sp³-hybridized carbons (Fsp3) is 0. The maximum absolute atomic E-state index is 7.17. The average Bonchev–Trinajstić information content (AvgIpc) is 2.47. The van der Waals surface area contributed by atoms with Crippen LogP contribution in [0.1, 0.15) is 1.43 Å². The van der Waals surface area contributed by atoms with Crippen molar-refractivity contribution in [3.05, 3.63) is 0 Å². The van der Waals surface area contributed by atoms with Crippen molar-refractivity contribution in [2.24, 2.45) is 0 Å². The summed E-state index contributed by atoms with van der Waals surface area (Å²) in [6.45, 7) is 0. The van der Waals surface area contributed by atoms with Gasteiger partial charge >= 0.3 is 92.1 Å². The van der Waals surface area contributed by atoms with E-state index in [0.717, 1.165) is 0 Å². The van der Waals surface area contributed by atoms with Crippen LogP contribution in [0.2, 0.25) is 0 Å². The molecule has 322 valence electrons. The first-order valence-corrected chi connectivity index (χ1v) is 7.75. The summed E-state index contributed by atoms with van der Waals surface area (Å²) in [7, 11) is -21.7. The zero-order valence-electron chi connectivity index (χ0n) is 25.3. The van der Waals surface area contributed by atoms with Crippen molar-refractivity contribution < 1.29 is 171 Å². The van der Waals surface area contributed by atoms with Gasteiger partial charge in [0.25, 0.3) is 0 Å². The zero-order valence-corrected chi connectivity index (χ0v) is 32.4. The molecule has 0 aliphatic rings. The number of hydrogen-bond acceptors (Lipinski definition) is 30. The molecule has 0 bridgehead atoms. The molecule has 0 saturated carbocycles. The van der Waals surface area contributed by atoms with Gasteiger partial charge in [-0.15, -0.1) is 124 Å². The molecule has 0 unspecified atom stereocenters. The standard InChI is InChI=1S/10BH3O3.10ClH.Li.H/c10*2-1(3)4;;;;;;;;;;;;/h10*2-4H;10*1H;;/q;;;;;;;;;;;;;;;;;;;;+1;-1. The van der Waals surface area contributed by atoms with E-state index in [-0.39, 0.29) is 144 Å². The normalized spacial score (nSPS) is 5.29. The molecule has 51 heavy (non-hydrogen) atoms. The molecule has 0 saturated heterocycles. The van der Waals surface area contributed by atoms with E-state index in [1.54, 1.807) is 0 Å². The largest absolute Gasteiger partial charge is 1.00 e. The number of hydrogen-bond donors (Lipinski definition) is 30. The van der Waals surface area contributed by atoms with E-state index in [1.807, 2.05) is 0 Å². The van der Waals surface area contributed by atoms with Crippen LogP contribution < -0.4 is 18.9 Å². The second-order valence-electron chi connectivity index (χ2n) is 3.46. The van der Waals surface area contributed by atoms with Gasteiger partial charge < -0.3 is 152 Å². The third-order valence-electron chi connectivity index (χ3n) is 0. The second-order valence-corrected chi connectivity index (χ2v) is 3.46. The van der Waals surface area contributed by atoms with E-state index < -0.39 is 73.2 Å². The summed E-state index contributed by atoms with van der Waals surface area (Å²) in [5, 5.41) is 215. The van der Waals surface area contributed by atoms with Gasteiger partial charge in [-0.1, -0.05) is 0 Å². The van der Waals surface area contributed by atoms with Gasteiger partial charge in [-0.2, -0.15) is 0 Å². The first kappa shape index (κ1) is 139. The van der Waals surface area contributed by atoms with Crippen LogP contribution in [0.15, 0.2) is 0 Å². The Morgan fingerprint density at radius 2 is 0.137 bits per heavy atom. The van der Waals surface area contributed by atoms with Gasteiger partial charge in [0.1, 0.15) is 0 Å². The van der Waals surface area contributed by atoms with E-state index in [4.69, 9.17) is 151 Å². The Morgan fingerprint density at radius 3 is 0.137 bits per heavy atom. The van der Waals surface area contributed by atoms with Crippen LogP contribution in [0.25, 0.3) is 0 Å². The van der Waals surface area contributed by atoms with E-state index >= 15 is 0 Å². The molecule has 0 aliphatic heterocycles. The summed E-state index contributed by atoms with van der Waals surface area (Å²) in [5.74, 6) is 0. The predicted molar refractivity (Wildman–Crippen MR) is 198 cm³/mol. The van der Waals surface area contributed by atoms with Crippen molar-refractivity contribution in [1.82, 2.24) is 0 Å². The molecule has 30 N–H and O–H groups in total. The minimum absolute atomic E-state index is 0. The summed E-state index contributed by atoms with van der Waals surface area (Å²) in [5.41, 5.74) is 0. The Kier molecular flexibility index (Phi) is 360. The van der Waals surface area contributed by atoms with Crippen LogP contribution in [-0.4, -0.2) is 224 Å². The van der Waals surface area contributed by atoms with Gasteiger partial charge in [0, 0.05) is 0 Å². The van der Waals surface area contributed by atoms with Crippen molar-refractivity contribution in [2.75, 3.05) is 0 Å². The van der Waals surface area contributed by atoms with E-state index in [9.17, 15) is 0 Å². The molecule has 0 amide bonds. The molecule has 0 heterocycles. The van der Waals surface area contributed by atoms with E-state index in [0.29, 0.717) is 0 Å². The summed E-state index contributed by atoms with van der Waals surface area (Å²) in [4.78, 5) is 0. The number of halogens is 10. The quantitative estimate of drug-likeness (QED) is 0.100. The van der Waals surface area contributed by atoms with E-state index in [2.05, 4.69) is 0 Å². The van der Waals surface area contributed by atoms with Crippen molar-refractivity contribution in [1.29, 1.82) is 0 Å². The van der Waals surface area contributed by atoms with Gasteiger partial charge in [0.05, 0.1) is 0 Å². The first-order valence-electron chi connectivity index (χ1n) is 7.75. The predicted octanol–water partition coefficient (Wildman–Crippen LogP) is -19.2. The van der Waals surface area contributed by atoms with Crippen molar-refractivity contribution in [2.45, 2.75) is 0 Å². The van der Waals surface area contributed by atoms with Gasteiger partial charge in [0.2, 0.25) is 0 Å². The molecule has 0 atom stereocenters. The maximum atomic E-state index is 7.17. The summed E-state index contributed by atoms with van der Waals surface area (Å²) in [6.07, 6.45) is 0.